The van der Waals surface area contributed by atoms with Gasteiger partial charge in [-0.25, -0.2) is 4.79 Å². The van der Waals surface area contributed by atoms with Crippen LogP contribution in [0.1, 0.15) is 21.7 Å². The summed E-state index contributed by atoms with van der Waals surface area (Å²) in [6.07, 6.45) is 0. The molecule has 0 radical (unpaired) electrons. The van der Waals surface area contributed by atoms with Gasteiger partial charge in [-0.2, -0.15) is 0 Å². The fourth-order valence-corrected chi connectivity index (χ4v) is 1.53. The Balaban J connectivity index is 2.88. The number of aromatic carboxylic acids is 1. The average molecular weight is 190 g/mol. The molecular weight excluding hydrogens is 180 g/mol. The van der Waals surface area contributed by atoms with E-state index in [1.54, 1.807) is 12.1 Å². The molecule has 0 fully saturated rings. The maximum absolute atomic E-state index is 10.9. The van der Waals surface area contributed by atoms with Gasteiger partial charge in [-0.15, -0.1) is 0 Å². The highest BCUT2D eigenvalue weighted by Crippen LogP contribution is 2.27. The Morgan fingerprint density at radius 1 is 1.36 bits per heavy atom. The minimum Gasteiger partial charge on any atom is -0.478 e. The van der Waals surface area contributed by atoms with E-state index in [2.05, 4.69) is 0 Å². The van der Waals surface area contributed by atoms with Crippen molar-refractivity contribution in [1.82, 2.24) is 0 Å². The molecule has 1 aromatic heterocycles. The van der Waals surface area contributed by atoms with Crippen molar-refractivity contribution in [2.45, 2.75) is 13.8 Å². The number of furan rings is 1. The fourth-order valence-electron chi connectivity index (χ4n) is 1.53. The lowest BCUT2D eigenvalue weighted by atomic mass is 10.1. The van der Waals surface area contributed by atoms with Gasteiger partial charge in [0.25, 0.3) is 0 Å². The van der Waals surface area contributed by atoms with E-state index < -0.39 is 5.97 Å². The van der Waals surface area contributed by atoms with Crippen LogP contribution in [0.3, 0.4) is 0 Å². The molecule has 3 nitrogen and oxygen atoms in total. The number of benzene rings is 1. The Morgan fingerprint density at radius 2 is 2.07 bits per heavy atom. The first-order valence-corrected chi connectivity index (χ1v) is 4.33. The second-order valence-electron chi connectivity index (χ2n) is 3.27. The van der Waals surface area contributed by atoms with E-state index in [0.29, 0.717) is 5.58 Å². The lowest BCUT2D eigenvalue weighted by molar-refractivity contribution is 0.0698. The Bertz CT molecular complexity index is 508. The number of hydrogen-bond acceptors (Lipinski definition) is 2. The number of aryl methyl sites for hydroxylation is 2. The minimum atomic E-state index is -0.954. The molecular formula is C11H10O3. The number of carbonyl (C=O) groups is 1. The van der Waals surface area contributed by atoms with Crippen molar-refractivity contribution in [3.8, 4) is 0 Å². The molecule has 1 heterocycles. The van der Waals surface area contributed by atoms with Gasteiger partial charge in [-0.1, -0.05) is 12.1 Å². The predicted octanol–water partition coefficient (Wildman–Crippen LogP) is 2.75. The number of carboxylic acid groups (broad SMARTS) is 1. The molecule has 1 aromatic carbocycles. The van der Waals surface area contributed by atoms with Crippen LogP contribution in [0.4, 0.5) is 0 Å². The van der Waals surface area contributed by atoms with Crippen molar-refractivity contribution < 1.29 is 14.3 Å². The Kier molecular flexibility index (Phi) is 1.81. The monoisotopic (exact) mass is 190 g/mol. The number of carboxylic acids is 1. The zero-order valence-corrected chi connectivity index (χ0v) is 8.00. The van der Waals surface area contributed by atoms with Crippen LogP contribution in [-0.4, -0.2) is 11.1 Å². The summed E-state index contributed by atoms with van der Waals surface area (Å²) in [6, 6.07) is 5.15. The van der Waals surface area contributed by atoms with E-state index in [1.165, 1.54) is 0 Å². The third-order valence-corrected chi connectivity index (χ3v) is 2.43. The summed E-state index contributed by atoms with van der Waals surface area (Å²) in [7, 11) is 0. The molecule has 0 saturated heterocycles. The van der Waals surface area contributed by atoms with E-state index in [9.17, 15) is 4.79 Å². The zero-order chi connectivity index (χ0) is 10.3. The molecule has 0 atom stereocenters. The normalized spacial score (nSPS) is 10.7. The van der Waals surface area contributed by atoms with Crippen molar-refractivity contribution in [2.24, 2.45) is 0 Å². The quantitative estimate of drug-likeness (QED) is 0.752. The van der Waals surface area contributed by atoms with Crippen molar-refractivity contribution in [3.63, 3.8) is 0 Å². The first-order valence-electron chi connectivity index (χ1n) is 4.33. The molecule has 0 bridgehead atoms. The van der Waals surface area contributed by atoms with Crippen LogP contribution in [0.25, 0.3) is 11.0 Å². The highest BCUT2D eigenvalue weighted by Gasteiger charge is 2.14. The average Bonchev–Trinajstić information content (AvgIpc) is 2.43. The maximum Gasteiger partial charge on any atom is 0.339 e. The van der Waals surface area contributed by atoms with Crippen LogP contribution < -0.4 is 0 Å². The summed E-state index contributed by atoms with van der Waals surface area (Å²) >= 11 is 0. The van der Waals surface area contributed by atoms with Crippen molar-refractivity contribution in [3.05, 3.63) is 35.1 Å². The second kappa shape index (κ2) is 2.87. The van der Waals surface area contributed by atoms with Crippen LogP contribution >= 0.6 is 0 Å². The summed E-state index contributed by atoms with van der Waals surface area (Å²) in [5.41, 5.74) is 1.69. The molecule has 0 aliphatic heterocycles. The van der Waals surface area contributed by atoms with Crippen molar-refractivity contribution >= 4 is 16.9 Å². The van der Waals surface area contributed by atoms with E-state index in [-0.39, 0.29) is 5.56 Å². The summed E-state index contributed by atoms with van der Waals surface area (Å²) in [5, 5.41) is 9.80. The van der Waals surface area contributed by atoms with Gasteiger partial charge in [0.2, 0.25) is 0 Å². The number of rotatable bonds is 1. The lowest BCUT2D eigenvalue weighted by Crippen LogP contribution is -1.95. The topological polar surface area (TPSA) is 50.4 Å². The van der Waals surface area contributed by atoms with Gasteiger partial charge in [0.1, 0.15) is 16.9 Å². The van der Waals surface area contributed by atoms with E-state index in [4.69, 9.17) is 9.52 Å². The van der Waals surface area contributed by atoms with Crippen molar-refractivity contribution in [2.75, 3.05) is 0 Å². The molecule has 0 aliphatic rings. The van der Waals surface area contributed by atoms with Crippen LogP contribution in [0.15, 0.2) is 22.6 Å². The summed E-state index contributed by atoms with van der Waals surface area (Å²) in [4.78, 5) is 10.9. The molecule has 1 N–H and O–H groups in total. The number of para-hydroxylation sites is 1. The van der Waals surface area contributed by atoms with E-state index in [0.717, 1.165) is 16.7 Å². The first-order chi connectivity index (χ1) is 6.61. The predicted molar refractivity (Wildman–Crippen MR) is 52.6 cm³/mol. The molecule has 0 saturated carbocycles. The SMILES string of the molecule is Cc1oc2c(C(=O)O)cccc2c1C. The third kappa shape index (κ3) is 1.09. The Morgan fingerprint density at radius 3 is 2.71 bits per heavy atom. The van der Waals surface area contributed by atoms with Crippen LogP contribution in [0, 0.1) is 13.8 Å². The minimum absolute atomic E-state index is 0.221. The highest BCUT2D eigenvalue weighted by molar-refractivity contribution is 6.02. The van der Waals surface area contributed by atoms with Gasteiger partial charge in [-0.05, 0) is 25.5 Å². The van der Waals surface area contributed by atoms with Crippen LogP contribution in [0.2, 0.25) is 0 Å². The van der Waals surface area contributed by atoms with Crippen LogP contribution in [0.5, 0.6) is 0 Å². The van der Waals surface area contributed by atoms with E-state index in [1.807, 2.05) is 19.9 Å². The lowest BCUT2D eigenvalue weighted by Gasteiger charge is -1.94. The molecule has 0 amide bonds. The van der Waals surface area contributed by atoms with Gasteiger partial charge in [0.05, 0.1) is 0 Å². The Labute approximate surface area is 81.0 Å². The fraction of sp³-hybridized carbons (Fsp3) is 0.182. The summed E-state index contributed by atoms with van der Waals surface area (Å²) < 4.78 is 5.41. The standard InChI is InChI=1S/C11H10O3/c1-6-7(2)14-10-8(6)4-3-5-9(10)11(12)13/h3-5H,1-2H3,(H,12,13). The third-order valence-electron chi connectivity index (χ3n) is 2.43. The van der Waals surface area contributed by atoms with Gasteiger partial charge >= 0.3 is 5.97 Å². The summed E-state index contributed by atoms with van der Waals surface area (Å²) in [6.45, 7) is 3.76. The van der Waals surface area contributed by atoms with Gasteiger partial charge in [0, 0.05) is 5.39 Å². The number of fused-ring (bicyclic) bond motifs is 1. The van der Waals surface area contributed by atoms with Crippen molar-refractivity contribution in [1.29, 1.82) is 0 Å². The second-order valence-corrected chi connectivity index (χ2v) is 3.27. The summed E-state index contributed by atoms with van der Waals surface area (Å²) in [5.74, 6) is -0.182. The first kappa shape index (κ1) is 8.81. The van der Waals surface area contributed by atoms with E-state index >= 15 is 0 Å². The molecule has 2 rings (SSSR count). The smallest absolute Gasteiger partial charge is 0.339 e. The van der Waals surface area contributed by atoms with Gasteiger partial charge in [0.15, 0.2) is 0 Å². The zero-order valence-electron chi connectivity index (χ0n) is 8.00. The molecule has 0 aliphatic carbocycles. The maximum atomic E-state index is 10.9. The molecule has 3 heteroatoms. The molecule has 2 aromatic rings. The van der Waals surface area contributed by atoms with Gasteiger partial charge in [-0.3, -0.25) is 0 Å². The highest BCUT2D eigenvalue weighted by atomic mass is 16.4. The molecule has 14 heavy (non-hydrogen) atoms. The van der Waals surface area contributed by atoms with Crippen LogP contribution in [-0.2, 0) is 0 Å². The molecule has 72 valence electrons. The molecule has 0 spiro atoms. The van der Waals surface area contributed by atoms with Gasteiger partial charge < -0.3 is 9.52 Å². The number of hydrogen-bond donors (Lipinski definition) is 1. The largest absolute Gasteiger partial charge is 0.478 e. The molecule has 0 unspecified atom stereocenters. The Hall–Kier alpha value is -1.77.